The van der Waals surface area contributed by atoms with Crippen LogP contribution in [-0.4, -0.2) is 36.7 Å². The summed E-state index contributed by atoms with van der Waals surface area (Å²) in [5.41, 5.74) is 4.74. The Balaban J connectivity index is 0.00000289. The van der Waals surface area contributed by atoms with Gasteiger partial charge in [0.05, 0.1) is 11.6 Å². The zero-order chi connectivity index (χ0) is 13.2. The topological polar surface area (TPSA) is 77.1 Å². The molecule has 0 aliphatic carbocycles. The molecule has 104 valence electrons. The van der Waals surface area contributed by atoms with Gasteiger partial charge in [-0.2, -0.15) is 0 Å². The molecule has 7 heteroatoms. The lowest BCUT2D eigenvalue weighted by molar-refractivity contribution is -0.885. The van der Waals surface area contributed by atoms with Crippen molar-refractivity contribution in [3.8, 4) is 0 Å². The number of carbonyl (C=O) groups is 2. The Morgan fingerprint density at radius 3 is 2.44 bits per heavy atom. The van der Waals surface area contributed by atoms with Crippen LogP contribution in [0, 0.1) is 5.41 Å². The molecular formula is C11H20ClN3O3. The van der Waals surface area contributed by atoms with Crippen LogP contribution in [0.1, 0.15) is 20.8 Å². The molecule has 1 amide bonds. The number of primary amides is 1. The van der Waals surface area contributed by atoms with Crippen molar-refractivity contribution in [1.82, 2.24) is 4.90 Å². The highest BCUT2D eigenvalue weighted by molar-refractivity contribution is 5.78. The fourth-order valence-corrected chi connectivity index (χ4v) is 1.53. The quantitative estimate of drug-likeness (QED) is 0.511. The van der Waals surface area contributed by atoms with Gasteiger partial charge < -0.3 is 27.8 Å². The van der Waals surface area contributed by atoms with Crippen LogP contribution in [0.3, 0.4) is 0 Å². The van der Waals surface area contributed by atoms with Gasteiger partial charge in [0, 0.05) is 7.05 Å². The summed E-state index contributed by atoms with van der Waals surface area (Å²) < 4.78 is 5.16. The standard InChI is InChI=1S/C11H19N3O3.ClH/c1-11(2,3)10(16)17-7-14-6-5-13(4)9(14)8(12)15;/h5-6,9H,7H2,1-4H3,(H2,12,15);1H. The van der Waals surface area contributed by atoms with Crippen molar-refractivity contribution < 1.29 is 31.6 Å². The van der Waals surface area contributed by atoms with Crippen molar-refractivity contribution in [2.75, 3.05) is 13.8 Å². The smallest absolute Gasteiger partial charge is 0.315 e. The van der Waals surface area contributed by atoms with Crippen molar-refractivity contribution in [2.24, 2.45) is 11.1 Å². The second kappa shape index (κ2) is 6.06. The van der Waals surface area contributed by atoms with Crippen LogP contribution in [0.4, 0.5) is 0 Å². The predicted molar refractivity (Wildman–Crippen MR) is 61.3 cm³/mol. The van der Waals surface area contributed by atoms with Crippen molar-refractivity contribution in [3.63, 3.8) is 0 Å². The molecule has 0 saturated carbocycles. The third-order valence-corrected chi connectivity index (χ3v) is 2.53. The molecule has 0 fully saturated rings. The third-order valence-electron chi connectivity index (χ3n) is 2.53. The maximum absolute atomic E-state index is 11.6. The van der Waals surface area contributed by atoms with E-state index in [1.807, 2.05) is 0 Å². The Morgan fingerprint density at radius 1 is 1.44 bits per heavy atom. The van der Waals surface area contributed by atoms with E-state index in [1.165, 1.54) is 0 Å². The first-order valence-corrected chi connectivity index (χ1v) is 5.46. The number of hydrogen-bond donors (Lipinski definition) is 2. The van der Waals surface area contributed by atoms with Crippen molar-refractivity contribution in [3.05, 3.63) is 12.4 Å². The van der Waals surface area contributed by atoms with Crippen LogP contribution < -0.4 is 23.0 Å². The van der Waals surface area contributed by atoms with Crippen molar-refractivity contribution >= 4 is 11.9 Å². The van der Waals surface area contributed by atoms with Crippen molar-refractivity contribution in [1.29, 1.82) is 0 Å². The van der Waals surface area contributed by atoms with E-state index in [0.29, 0.717) is 4.90 Å². The molecule has 2 atom stereocenters. The fourth-order valence-electron chi connectivity index (χ4n) is 1.53. The number of nitrogens with two attached hydrogens (primary N) is 1. The molecule has 0 bridgehead atoms. The SMILES string of the molecule is CN1C=C[NH+](COC(=O)C(C)(C)C)C1C(N)=O.[Cl-]. The van der Waals surface area contributed by atoms with Crippen LogP contribution in [0.15, 0.2) is 12.4 Å². The normalized spacial score (nSPS) is 22.6. The van der Waals surface area contributed by atoms with Gasteiger partial charge in [0.2, 0.25) is 12.9 Å². The highest BCUT2D eigenvalue weighted by Gasteiger charge is 2.35. The number of quaternary nitrogens is 1. The maximum atomic E-state index is 11.6. The average molecular weight is 278 g/mol. The molecule has 3 N–H and O–H groups in total. The van der Waals surface area contributed by atoms with Crippen molar-refractivity contribution in [2.45, 2.75) is 26.9 Å². The molecule has 0 aromatic carbocycles. The van der Waals surface area contributed by atoms with E-state index in [9.17, 15) is 9.59 Å². The second-order valence-corrected chi connectivity index (χ2v) is 5.19. The van der Waals surface area contributed by atoms with E-state index in [2.05, 4.69) is 0 Å². The molecular weight excluding hydrogens is 258 g/mol. The first-order valence-electron chi connectivity index (χ1n) is 5.46. The number of halogens is 1. The largest absolute Gasteiger partial charge is 1.00 e. The van der Waals surface area contributed by atoms with Crippen LogP contribution in [0.5, 0.6) is 0 Å². The molecule has 0 spiro atoms. The van der Waals surface area contributed by atoms with E-state index in [-0.39, 0.29) is 25.1 Å². The number of rotatable bonds is 3. The zero-order valence-corrected chi connectivity index (χ0v) is 11.8. The van der Waals surface area contributed by atoms with Gasteiger partial charge >= 0.3 is 5.97 Å². The minimum absolute atomic E-state index is 0. The zero-order valence-electron chi connectivity index (χ0n) is 11.1. The van der Waals surface area contributed by atoms with Gasteiger partial charge in [0.25, 0.3) is 5.91 Å². The van der Waals surface area contributed by atoms with Crippen LogP contribution in [-0.2, 0) is 14.3 Å². The van der Waals surface area contributed by atoms with Gasteiger partial charge in [0.15, 0.2) is 0 Å². The number of likely N-dealkylation sites (N-methyl/N-ethyl adjacent to an activating group) is 1. The fraction of sp³-hybridized carbons (Fsp3) is 0.636. The monoisotopic (exact) mass is 277 g/mol. The van der Waals surface area contributed by atoms with Crippen LogP contribution in [0.25, 0.3) is 0 Å². The highest BCUT2D eigenvalue weighted by atomic mass is 35.5. The first-order chi connectivity index (χ1) is 7.73. The second-order valence-electron chi connectivity index (χ2n) is 5.19. The van der Waals surface area contributed by atoms with Gasteiger partial charge in [0.1, 0.15) is 6.20 Å². The molecule has 0 aromatic heterocycles. The molecule has 1 rings (SSSR count). The lowest BCUT2D eigenvalue weighted by Crippen LogP contribution is -3.13. The molecule has 6 nitrogen and oxygen atoms in total. The summed E-state index contributed by atoms with van der Waals surface area (Å²) in [6.45, 7) is 5.44. The number of ether oxygens (including phenoxy) is 1. The summed E-state index contributed by atoms with van der Waals surface area (Å²) >= 11 is 0. The third kappa shape index (κ3) is 3.89. The Kier molecular flexibility index (Phi) is 5.63. The van der Waals surface area contributed by atoms with E-state index in [4.69, 9.17) is 10.5 Å². The van der Waals surface area contributed by atoms with E-state index in [0.717, 1.165) is 0 Å². The van der Waals surface area contributed by atoms with Crippen LogP contribution in [0.2, 0.25) is 0 Å². The molecule has 0 aromatic rings. The molecule has 0 saturated heterocycles. The van der Waals surface area contributed by atoms with Gasteiger partial charge in [-0.1, -0.05) is 0 Å². The highest BCUT2D eigenvalue weighted by Crippen LogP contribution is 2.14. The Hall–Kier alpha value is -1.27. The maximum Gasteiger partial charge on any atom is 0.315 e. The summed E-state index contributed by atoms with van der Waals surface area (Å²) in [5, 5.41) is 0. The van der Waals surface area contributed by atoms with Gasteiger partial charge in [-0.25, -0.2) is 4.90 Å². The molecule has 2 unspecified atom stereocenters. The van der Waals surface area contributed by atoms with E-state index < -0.39 is 17.5 Å². The molecule has 1 heterocycles. The molecule has 0 radical (unpaired) electrons. The average Bonchev–Trinajstić information content (AvgIpc) is 2.54. The number of nitrogens with one attached hydrogen (secondary N) is 1. The summed E-state index contributed by atoms with van der Waals surface area (Å²) in [6, 6.07) is 0. The number of nitrogens with zero attached hydrogens (tertiary/aromatic N) is 1. The molecule has 18 heavy (non-hydrogen) atoms. The minimum atomic E-state index is -0.545. The summed E-state index contributed by atoms with van der Waals surface area (Å²) in [6.07, 6.45) is 2.99. The summed E-state index contributed by atoms with van der Waals surface area (Å²) in [5.74, 6) is -0.740. The van der Waals surface area contributed by atoms with Gasteiger partial charge in [-0.3, -0.25) is 9.59 Å². The molecule has 1 aliphatic heterocycles. The van der Waals surface area contributed by atoms with Crippen LogP contribution >= 0.6 is 0 Å². The molecule has 1 aliphatic rings. The lowest BCUT2D eigenvalue weighted by Gasteiger charge is -2.23. The number of esters is 1. The van der Waals surface area contributed by atoms with E-state index >= 15 is 0 Å². The minimum Gasteiger partial charge on any atom is -1.00 e. The Bertz CT molecular complexity index is 352. The Labute approximate surface area is 113 Å². The Morgan fingerprint density at radius 2 is 2.00 bits per heavy atom. The number of carbonyl (C=O) groups excluding carboxylic acids is 2. The summed E-state index contributed by atoms with van der Waals surface area (Å²) in [4.78, 5) is 25.2. The van der Waals surface area contributed by atoms with Gasteiger partial charge in [-0.05, 0) is 20.8 Å². The van der Waals surface area contributed by atoms with E-state index in [1.54, 1.807) is 45.1 Å². The number of amides is 1. The van der Waals surface area contributed by atoms with Gasteiger partial charge in [-0.15, -0.1) is 0 Å². The first kappa shape index (κ1) is 16.7. The predicted octanol–water partition coefficient (Wildman–Crippen LogP) is -4.35. The number of hydrogen-bond acceptors (Lipinski definition) is 4. The lowest BCUT2D eigenvalue weighted by atomic mass is 9.98. The summed E-state index contributed by atoms with van der Waals surface area (Å²) in [7, 11) is 1.75.